The zero-order chi connectivity index (χ0) is 68.6. The molecular formula is C74H92N8O12S2. The molecule has 1 aliphatic heterocycles. The van der Waals surface area contributed by atoms with Gasteiger partial charge in [0.25, 0.3) is 0 Å². The maximum absolute atomic E-state index is 14.1. The molecule has 4 fully saturated rings. The Balaban J connectivity index is 0.000000209. The Hall–Kier alpha value is -8.24. The largest absolute Gasteiger partial charge is 0.497 e. The first kappa shape index (κ1) is 70.6. The van der Waals surface area contributed by atoms with Crippen LogP contribution in [0.25, 0.3) is 43.2 Å². The molecule has 0 unspecified atom stereocenters. The number of methoxy groups -OCH3 is 2. The number of pyridine rings is 2. The van der Waals surface area contributed by atoms with Crippen LogP contribution >= 0.6 is 22.7 Å². The number of allylic oxidation sites excluding steroid dienone is 2. The lowest BCUT2D eigenvalue weighted by Gasteiger charge is -2.26. The molecule has 4 aliphatic carbocycles. The van der Waals surface area contributed by atoms with E-state index in [0.29, 0.717) is 97.0 Å². The Morgan fingerprint density at radius 2 is 1.32 bits per heavy atom. The summed E-state index contributed by atoms with van der Waals surface area (Å²) in [6.07, 6.45) is 14.3. The number of nitrogens with one attached hydrogen (secondary N) is 2. The van der Waals surface area contributed by atoms with Crippen LogP contribution in [0, 0.1) is 35.5 Å². The molecule has 0 radical (unpaired) electrons. The third-order valence-corrected chi connectivity index (χ3v) is 21.0. The van der Waals surface area contributed by atoms with E-state index in [9.17, 15) is 28.8 Å². The second-order valence-corrected chi connectivity index (χ2v) is 28.3. The summed E-state index contributed by atoms with van der Waals surface area (Å²) in [7, 11) is 6.82. The van der Waals surface area contributed by atoms with Crippen LogP contribution in [0.15, 0.2) is 96.8 Å². The zero-order valence-corrected chi connectivity index (χ0v) is 58.6. The van der Waals surface area contributed by atoms with Crippen LogP contribution in [-0.4, -0.2) is 143 Å². The number of thiazole rings is 2. The van der Waals surface area contributed by atoms with Crippen molar-refractivity contribution in [1.82, 2.24) is 40.4 Å². The van der Waals surface area contributed by atoms with E-state index in [0.717, 1.165) is 70.7 Å². The van der Waals surface area contributed by atoms with Crippen LogP contribution in [0.3, 0.4) is 0 Å². The van der Waals surface area contributed by atoms with Crippen molar-refractivity contribution in [2.24, 2.45) is 35.5 Å². The molecule has 4 saturated carbocycles. The molecule has 5 heterocycles. The molecule has 2 N–H and O–H groups in total. The molecule has 0 spiro atoms. The SMILES string of the molecule is C=CCCCCN(C)C(=O)[C@@H]1C[C@H](Oc2cc(-c3nc(C(C)C)cs3)nc3cc(OC)ccc23)C[C@H]1C(=O)N[C@]1(C(=O)OCC)C[C@H]1C=C.CCOC(=O)[C@@]12C[C@H]1/C=C\CCCCN(C)C(=O)[C@@H]1C[C@H](Oc3cc(-c4nc(C(C)C)cs4)nc4cc(OC)ccc34)C[C@H]1C(=O)N2. The molecule has 0 saturated heterocycles. The van der Waals surface area contributed by atoms with E-state index < -0.39 is 58.9 Å². The number of ether oxygens (including phenoxy) is 6. The van der Waals surface area contributed by atoms with E-state index in [1.807, 2.05) is 66.1 Å². The minimum atomic E-state index is -1.16. The number of hydrogen-bond acceptors (Lipinski definition) is 18. The number of amides is 4. The Kier molecular flexibility index (Phi) is 22.7. The summed E-state index contributed by atoms with van der Waals surface area (Å²) in [6, 6.07) is 15.1. The summed E-state index contributed by atoms with van der Waals surface area (Å²) in [5.74, 6) is -1.56. The molecule has 11 rings (SSSR count). The fourth-order valence-electron chi connectivity index (χ4n) is 13.4. The predicted molar refractivity (Wildman–Crippen MR) is 372 cm³/mol. The topological polar surface area (TPSA) is 240 Å². The molecule has 0 bridgehead atoms. The van der Waals surface area contributed by atoms with Crippen molar-refractivity contribution in [1.29, 1.82) is 0 Å². The number of unbranched alkanes of at least 4 members (excludes halogenated alkanes) is 2. The minimum absolute atomic E-state index is 0.0737. The van der Waals surface area contributed by atoms with E-state index in [4.69, 9.17) is 48.4 Å². The van der Waals surface area contributed by atoms with Crippen molar-refractivity contribution < 1.29 is 57.2 Å². The monoisotopic (exact) mass is 1350 g/mol. The summed E-state index contributed by atoms with van der Waals surface area (Å²) in [6.45, 7) is 21.2. The number of aromatic nitrogens is 4. The second kappa shape index (κ2) is 30.9. The van der Waals surface area contributed by atoms with E-state index in [2.05, 4.69) is 62.9 Å². The van der Waals surface area contributed by atoms with Crippen molar-refractivity contribution in [3.8, 4) is 44.4 Å². The predicted octanol–water partition coefficient (Wildman–Crippen LogP) is 12.6. The van der Waals surface area contributed by atoms with Gasteiger partial charge in [0.2, 0.25) is 23.6 Å². The van der Waals surface area contributed by atoms with Gasteiger partial charge in [-0.1, -0.05) is 52.0 Å². The van der Waals surface area contributed by atoms with Crippen LogP contribution in [-0.2, 0) is 38.2 Å². The average molecular weight is 1350 g/mol. The highest BCUT2D eigenvalue weighted by molar-refractivity contribution is 7.13. The molecule has 96 heavy (non-hydrogen) atoms. The Bertz CT molecular complexity index is 3880. The molecule has 22 heteroatoms. The van der Waals surface area contributed by atoms with Crippen molar-refractivity contribution in [3.63, 3.8) is 0 Å². The van der Waals surface area contributed by atoms with Gasteiger partial charge in [0.05, 0.1) is 73.5 Å². The normalized spacial score (nSPS) is 24.9. The molecule has 2 aromatic carbocycles. The first-order chi connectivity index (χ1) is 46.2. The van der Waals surface area contributed by atoms with E-state index in [1.165, 1.54) is 22.7 Å². The van der Waals surface area contributed by atoms with E-state index >= 15 is 0 Å². The summed E-state index contributed by atoms with van der Waals surface area (Å²) >= 11 is 3.06. The van der Waals surface area contributed by atoms with Gasteiger partial charge in [-0.25, -0.2) is 29.5 Å². The van der Waals surface area contributed by atoms with Crippen LogP contribution in [0.5, 0.6) is 23.0 Å². The van der Waals surface area contributed by atoms with Crippen LogP contribution in [0.1, 0.15) is 142 Å². The highest BCUT2D eigenvalue weighted by atomic mass is 32.1. The van der Waals surface area contributed by atoms with Crippen molar-refractivity contribution >= 4 is 80.0 Å². The zero-order valence-electron chi connectivity index (χ0n) is 57.0. The lowest BCUT2D eigenvalue weighted by molar-refractivity contribution is -0.150. The molecule has 4 aromatic heterocycles. The van der Waals surface area contributed by atoms with Gasteiger partial charge in [-0.05, 0) is 127 Å². The van der Waals surface area contributed by atoms with E-state index in [-0.39, 0.29) is 60.5 Å². The first-order valence-electron chi connectivity index (χ1n) is 33.8. The maximum atomic E-state index is 14.1. The number of carbonyl (C=O) groups is 6. The molecule has 4 amide bonds. The van der Waals surface area contributed by atoms with Crippen molar-refractivity contribution in [2.45, 2.75) is 154 Å². The fourth-order valence-corrected chi connectivity index (χ4v) is 15.3. The second-order valence-electron chi connectivity index (χ2n) is 26.5. The van der Waals surface area contributed by atoms with Gasteiger partial charge in [-0.15, -0.1) is 35.8 Å². The van der Waals surface area contributed by atoms with Gasteiger partial charge in [0, 0.05) is 84.8 Å². The van der Waals surface area contributed by atoms with Gasteiger partial charge in [0.15, 0.2) is 0 Å². The Morgan fingerprint density at radius 3 is 1.86 bits per heavy atom. The lowest BCUT2D eigenvalue weighted by atomic mass is 9.93. The van der Waals surface area contributed by atoms with Crippen LogP contribution < -0.4 is 29.6 Å². The highest BCUT2D eigenvalue weighted by Crippen LogP contribution is 2.49. The highest BCUT2D eigenvalue weighted by Gasteiger charge is 2.63. The fraction of sp³-hybridized carbons (Fsp3) is 0.514. The van der Waals surface area contributed by atoms with E-state index in [1.54, 1.807) is 58.0 Å². The maximum Gasteiger partial charge on any atom is 0.332 e. The van der Waals surface area contributed by atoms with Gasteiger partial charge < -0.3 is 48.9 Å². The third-order valence-electron chi connectivity index (χ3n) is 19.2. The molecule has 20 nitrogen and oxygen atoms in total. The van der Waals surface area contributed by atoms with Gasteiger partial charge >= 0.3 is 11.9 Å². The third kappa shape index (κ3) is 15.6. The summed E-state index contributed by atoms with van der Waals surface area (Å²) in [5.41, 5.74) is 2.49. The molecule has 512 valence electrons. The number of fused-ring (bicyclic) bond motifs is 4. The number of nitrogens with zero attached hydrogens (tertiary/aromatic N) is 6. The summed E-state index contributed by atoms with van der Waals surface area (Å²) in [4.78, 5) is 105. The molecule has 10 atom stereocenters. The number of rotatable bonds is 23. The standard InChI is InChI=1S/C38H48N4O6S.C36H44N4O6S/c1-8-11-12-13-16-42(6)36(44)29-18-26(17-28(29)34(43)41-38(21-24(38)9-2)37(45)47-10-3)48-33-20-31(35-40-32(22-49-35)23(4)5)39-30-19-25(46-7)14-15-27(30)33;1-6-45-35(43)36-19-22(36)11-9-7-8-10-14-40(4)34(42)27-16-24(15-26(27)32(41)39-36)46-31-18-29(33-38-30(20-47-33)21(2)3)37-28-17-23(44-5)12-13-25(28)31/h8-9,14-15,19-20,22-24,26,28-29H,1-2,10-13,16-18,21H2,3-7H3,(H,41,43);9,11-13,17-18,20-22,24,26-27H,6-8,10,14-16,19H2,1-5H3,(H,39,41)/b;11-9-/t24-,26-,28-,29-,38-;22-,24-,26-,27-,36-/m11/s1. The van der Waals surface area contributed by atoms with Gasteiger partial charge in [-0.3, -0.25) is 19.2 Å². The summed E-state index contributed by atoms with van der Waals surface area (Å²) in [5, 5.41) is 13.3. The van der Waals surface area contributed by atoms with Gasteiger partial charge in [0.1, 0.15) is 67.7 Å². The average Bonchev–Trinajstić information content (AvgIpc) is 1.57. The first-order valence-corrected chi connectivity index (χ1v) is 35.5. The smallest absolute Gasteiger partial charge is 0.332 e. The number of benzene rings is 2. The quantitative estimate of drug-likeness (QED) is 0.0344. The Morgan fingerprint density at radius 1 is 0.750 bits per heavy atom. The van der Waals surface area contributed by atoms with Crippen LogP contribution in [0.2, 0.25) is 0 Å². The molecule has 5 aliphatic rings. The van der Waals surface area contributed by atoms with Crippen molar-refractivity contribution in [2.75, 3.05) is 54.6 Å². The number of esters is 2. The Labute approximate surface area is 571 Å². The van der Waals surface area contributed by atoms with Crippen LogP contribution in [0.4, 0.5) is 0 Å². The number of carbonyl (C=O) groups excluding carboxylic acids is 6. The lowest BCUT2D eigenvalue weighted by Crippen LogP contribution is -2.50. The molecular weight excluding hydrogens is 1260 g/mol. The van der Waals surface area contributed by atoms with Crippen molar-refractivity contribution in [3.05, 3.63) is 108 Å². The minimum Gasteiger partial charge on any atom is -0.497 e. The number of hydrogen-bond donors (Lipinski definition) is 2. The van der Waals surface area contributed by atoms with Gasteiger partial charge in [-0.2, -0.15) is 0 Å². The summed E-state index contributed by atoms with van der Waals surface area (Å²) < 4.78 is 35.2. The molecule has 6 aromatic rings.